The van der Waals surface area contributed by atoms with Crippen LogP contribution in [0.25, 0.3) is 10.2 Å². The molecule has 2 N–H and O–H groups in total. The summed E-state index contributed by atoms with van der Waals surface area (Å²) in [6.07, 6.45) is 0. The van der Waals surface area contributed by atoms with Gasteiger partial charge in [0, 0.05) is 17.1 Å². The number of anilines is 1. The van der Waals surface area contributed by atoms with Gasteiger partial charge < -0.3 is 10.3 Å². The van der Waals surface area contributed by atoms with Gasteiger partial charge in [-0.3, -0.25) is 4.79 Å². The van der Waals surface area contributed by atoms with Crippen molar-refractivity contribution in [3.8, 4) is 0 Å². The van der Waals surface area contributed by atoms with Crippen LogP contribution in [0, 0.1) is 20.8 Å². The molecule has 4 heteroatoms. The van der Waals surface area contributed by atoms with Crippen molar-refractivity contribution >= 4 is 27.2 Å². The molecule has 2 aromatic rings. The van der Waals surface area contributed by atoms with Crippen molar-refractivity contribution in [2.75, 3.05) is 5.73 Å². The zero-order valence-corrected chi connectivity index (χ0v) is 10.9. The third-order valence-electron chi connectivity index (χ3n) is 3.19. The Bertz CT molecular complexity index is 622. The minimum atomic E-state index is -0.0148. The molecule has 2 aromatic heterocycles. The van der Waals surface area contributed by atoms with Crippen molar-refractivity contribution in [2.45, 2.75) is 34.2 Å². The van der Waals surface area contributed by atoms with Crippen molar-refractivity contribution in [1.29, 1.82) is 0 Å². The number of pyridine rings is 1. The van der Waals surface area contributed by atoms with E-state index in [0.29, 0.717) is 5.69 Å². The molecule has 0 fully saturated rings. The van der Waals surface area contributed by atoms with Crippen LogP contribution < -0.4 is 11.2 Å². The lowest BCUT2D eigenvalue weighted by Crippen LogP contribution is -2.16. The average molecular weight is 236 g/mol. The maximum atomic E-state index is 12.1. The van der Waals surface area contributed by atoms with E-state index >= 15 is 0 Å². The Kier molecular flexibility index (Phi) is 2.54. The van der Waals surface area contributed by atoms with E-state index in [4.69, 9.17) is 5.73 Å². The normalized spacial score (nSPS) is 11.2. The van der Waals surface area contributed by atoms with Gasteiger partial charge in [0.25, 0.3) is 0 Å². The van der Waals surface area contributed by atoms with Gasteiger partial charge in [0.2, 0.25) is 5.43 Å². The highest BCUT2D eigenvalue weighted by molar-refractivity contribution is 7.18. The lowest BCUT2D eigenvalue weighted by molar-refractivity contribution is 0.766. The molecule has 2 rings (SSSR count). The molecule has 0 radical (unpaired) electrons. The Labute approximate surface area is 98.5 Å². The summed E-state index contributed by atoms with van der Waals surface area (Å²) in [5, 5.41) is 0.799. The molecule has 0 aromatic carbocycles. The highest BCUT2D eigenvalue weighted by atomic mass is 32.1. The van der Waals surface area contributed by atoms with Crippen LogP contribution in [0.1, 0.15) is 23.1 Å². The summed E-state index contributed by atoms with van der Waals surface area (Å²) < 4.78 is 2.12. The second kappa shape index (κ2) is 3.63. The molecule has 0 aliphatic rings. The summed E-state index contributed by atoms with van der Waals surface area (Å²) in [5.41, 5.74) is 8.19. The Morgan fingerprint density at radius 3 is 2.50 bits per heavy atom. The number of hydrogen-bond acceptors (Lipinski definition) is 3. The average Bonchev–Trinajstić information content (AvgIpc) is 2.53. The number of hydrogen-bond donors (Lipinski definition) is 1. The van der Waals surface area contributed by atoms with Gasteiger partial charge in [-0.25, -0.2) is 0 Å². The number of aryl methyl sites for hydroxylation is 3. The molecule has 16 heavy (non-hydrogen) atoms. The van der Waals surface area contributed by atoms with Crippen LogP contribution >= 0.6 is 11.3 Å². The molecule has 0 atom stereocenters. The predicted molar refractivity (Wildman–Crippen MR) is 70.4 cm³/mol. The summed E-state index contributed by atoms with van der Waals surface area (Å²) in [6, 6.07) is 0. The lowest BCUT2D eigenvalue weighted by Gasteiger charge is -2.11. The maximum Gasteiger partial charge on any atom is 0.213 e. The summed E-state index contributed by atoms with van der Waals surface area (Å²) in [7, 11) is 0. The van der Waals surface area contributed by atoms with Gasteiger partial charge in [-0.2, -0.15) is 0 Å². The Balaban J connectivity index is 3.10. The van der Waals surface area contributed by atoms with Crippen LogP contribution in [0.4, 0.5) is 5.69 Å². The summed E-state index contributed by atoms with van der Waals surface area (Å²) in [6.45, 7) is 8.85. The monoisotopic (exact) mass is 236 g/mol. The van der Waals surface area contributed by atoms with E-state index in [2.05, 4.69) is 11.5 Å². The fourth-order valence-corrected chi connectivity index (χ4v) is 3.31. The molecule has 0 bridgehead atoms. The first-order valence-electron chi connectivity index (χ1n) is 5.37. The van der Waals surface area contributed by atoms with Gasteiger partial charge in [0.15, 0.2) is 0 Å². The SMILES string of the molecule is CCn1c(C)c(N)c(=O)c2c(C)c(C)sc21. The molecule has 0 saturated heterocycles. The highest BCUT2D eigenvalue weighted by Gasteiger charge is 2.16. The van der Waals surface area contributed by atoms with Gasteiger partial charge in [-0.05, 0) is 33.3 Å². The number of aromatic nitrogens is 1. The lowest BCUT2D eigenvalue weighted by atomic mass is 10.1. The second-order valence-electron chi connectivity index (χ2n) is 4.04. The smallest absolute Gasteiger partial charge is 0.213 e. The number of nitrogen functional groups attached to an aromatic ring is 1. The van der Waals surface area contributed by atoms with E-state index in [1.54, 1.807) is 11.3 Å². The molecule has 0 saturated carbocycles. The fraction of sp³-hybridized carbons (Fsp3) is 0.417. The van der Waals surface area contributed by atoms with Gasteiger partial charge in [0.05, 0.1) is 11.1 Å². The third-order valence-corrected chi connectivity index (χ3v) is 4.42. The quantitative estimate of drug-likeness (QED) is 0.827. The number of thiophene rings is 1. The summed E-state index contributed by atoms with van der Waals surface area (Å²) in [5.74, 6) is 0. The van der Waals surface area contributed by atoms with Crippen LogP contribution in [-0.4, -0.2) is 4.57 Å². The number of fused-ring (bicyclic) bond motifs is 1. The number of nitrogens with two attached hydrogens (primary N) is 1. The van der Waals surface area contributed by atoms with E-state index in [1.165, 1.54) is 4.88 Å². The largest absolute Gasteiger partial charge is 0.394 e. The van der Waals surface area contributed by atoms with Crippen LogP contribution in [0.3, 0.4) is 0 Å². The van der Waals surface area contributed by atoms with Gasteiger partial charge in [-0.1, -0.05) is 0 Å². The van der Waals surface area contributed by atoms with Crippen molar-refractivity contribution in [3.05, 3.63) is 26.4 Å². The molecule has 2 heterocycles. The van der Waals surface area contributed by atoms with Crippen LogP contribution in [-0.2, 0) is 6.54 Å². The third kappa shape index (κ3) is 1.29. The molecule has 0 aliphatic carbocycles. The Hall–Kier alpha value is -1.29. The molecule has 0 aliphatic heterocycles. The Morgan fingerprint density at radius 1 is 1.31 bits per heavy atom. The standard InChI is InChI=1S/C12H16N2OS/c1-5-14-7(3)10(13)11(15)9-6(2)8(4)16-12(9)14/h5,13H2,1-4H3. The molecule has 0 amide bonds. The van der Waals surface area contributed by atoms with Crippen LogP contribution in [0.2, 0.25) is 0 Å². The predicted octanol–water partition coefficient (Wildman–Crippen LogP) is 2.59. The van der Waals surface area contributed by atoms with E-state index in [9.17, 15) is 4.79 Å². The van der Waals surface area contributed by atoms with Gasteiger partial charge in [0.1, 0.15) is 4.83 Å². The molecular formula is C12H16N2OS. The van der Waals surface area contributed by atoms with E-state index in [-0.39, 0.29) is 5.43 Å². The van der Waals surface area contributed by atoms with E-state index < -0.39 is 0 Å². The van der Waals surface area contributed by atoms with Crippen molar-refractivity contribution in [3.63, 3.8) is 0 Å². The molecule has 0 unspecified atom stereocenters. The first-order valence-corrected chi connectivity index (χ1v) is 6.19. The minimum Gasteiger partial charge on any atom is -0.394 e. The van der Waals surface area contributed by atoms with Crippen LogP contribution in [0.15, 0.2) is 4.79 Å². The molecular weight excluding hydrogens is 220 g/mol. The van der Waals surface area contributed by atoms with Crippen molar-refractivity contribution in [1.82, 2.24) is 4.57 Å². The van der Waals surface area contributed by atoms with Crippen molar-refractivity contribution < 1.29 is 0 Å². The van der Waals surface area contributed by atoms with Gasteiger partial charge >= 0.3 is 0 Å². The summed E-state index contributed by atoms with van der Waals surface area (Å²) >= 11 is 1.67. The minimum absolute atomic E-state index is 0.0148. The molecule has 86 valence electrons. The molecule has 0 spiro atoms. The van der Waals surface area contributed by atoms with Crippen LogP contribution in [0.5, 0.6) is 0 Å². The zero-order valence-electron chi connectivity index (χ0n) is 10.0. The number of rotatable bonds is 1. The molecule has 3 nitrogen and oxygen atoms in total. The second-order valence-corrected chi connectivity index (χ2v) is 5.24. The topological polar surface area (TPSA) is 48.0 Å². The van der Waals surface area contributed by atoms with Crippen molar-refractivity contribution in [2.24, 2.45) is 0 Å². The fourth-order valence-electron chi connectivity index (χ4n) is 2.04. The highest BCUT2D eigenvalue weighted by Crippen LogP contribution is 2.30. The van der Waals surface area contributed by atoms with Gasteiger partial charge in [-0.15, -0.1) is 11.3 Å². The first-order chi connectivity index (χ1) is 7.49. The summed E-state index contributed by atoms with van der Waals surface area (Å²) in [4.78, 5) is 14.4. The first kappa shape index (κ1) is 11.2. The number of nitrogens with zero attached hydrogens (tertiary/aromatic N) is 1. The zero-order chi connectivity index (χ0) is 12.0. The maximum absolute atomic E-state index is 12.1. The van der Waals surface area contributed by atoms with E-state index in [0.717, 1.165) is 28.0 Å². The Morgan fingerprint density at radius 2 is 1.94 bits per heavy atom. The van der Waals surface area contributed by atoms with E-state index in [1.807, 2.05) is 20.8 Å².